The fraction of sp³-hybridized carbons (Fsp3) is 0.318. The quantitative estimate of drug-likeness (QED) is 0.406. The molecule has 1 aromatic carbocycles. The predicted octanol–water partition coefficient (Wildman–Crippen LogP) is 3.90. The monoisotopic (exact) mass is 395 g/mol. The Balaban J connectivity index is 1.63. The maximum Gasteiger partial charge on any atom is 0.330 e. The molecule has 0 aliphatic rings. The van der Waals surface area contributed by atoms with E-state index in [1.807, 2.05) is 37.3 Å². The van der Waals surface area contributed by atoms with Crippen LogP contribution in [-0.4, -0.2) is 39.1 Å². The SMILES string of the molecule is CC[C@@H](C(=O)OCCCc1ccccc1)N(Cc1ccco1)C(=O)n1ccnc1. The van der Waals surface area contributed by atoms with E-state index < -0.39 is 12.0 Å². The molecular weight excluding hydrogens is 370 g/mol. The van der Waals surface area contributed by atoms with Gasteiger partial charge in [-0.25, -0.2) is 14.6 Å². The molecule has 7 heteroatoms. The van der Waals surface area contributed by atoms with Gasteiger partial charge in [0, 0.05) is 12.4 Å². The van der Waals surface area contributed by atoms with E-state index in [-0.39, 0.29) is 12.6 Å². The lowest BCUT2D eigenvalue weighted by atomic mass is 10.1. The second kappa shape index (κ2) is 10.3. The molecule has 152 valence electrons. The van der Waals surface area contributed by atoms with Gasteiger partial charge in [-0.3, -0.25) is 4.57 Å². The van der Waals surface area contributed by atoms with Crippen LogP contribution in [0.5, 0.6) is 0 Å². The number of esters is 1. The number of amides is 1. The molecule has 0 unspecified atom stereocenters. The Bertz CT molecular complexity index is 876. The van der Waals surface area contributed by atoms with E-state index >= 15 is 0 Å². The molecule has 0 saturated carbocycles. The van der Waals surface area contributed by atoms with Crippen molar-refractivity contribution in [1.82, 2.24) is 14.5 Å². The van der Waals surface area contributed by atoms with Gasteiger partial charge in [0.05, 0.1) is 19.4 Å². The number of benzene rings is 1. The summed E-state index contributed by atoms with van der Waals surface area (Å²) in [5, 5.41) is 0. The van der Waals surface area contributed by atoms with Crippen molar-refractivity contribution in [2.75, 3.05) is 6.61 Å². The highest BCUT2D eigenvalue weighted by molar-refractivity contribution is 5.84. The molecule has 0 spiro atoms. The molecule has 0 aliphatic heterocycles. The van der Waals surface area contributed by atoms with Crippen molar-refractivity contribution < 1.29 is 18.7 Å². The molecule has 3 rings (SSSR count). The van der Waals surface area contributed by atoms with Crippen molar-refractivity contribution in [3.8, 4) is 0 Å². The van der Waals surface area contributed by atoms with Gasteiger partial charge in [-0.1, -0.05) is 37.3 Å². The third-order valence-corrected chi connectivity index (χ3v) is 4.61. The highest BCUT2D eigenvalue weighted by atomic mass is 16.5. The first-order chi connectivity index (χ1) is 14.2. The maximum absolute atomic E-state index is 13.0. The summed E-state index contributed by atoms with van der Waals surface area (Å²) in [7, 11) is 0. The van der Waals surface area contributed by atoms with Crippen LogP contribution in [-0.2, 0) is 22.5 Å². The Kier molecular flexibility index (Phi) is 7.22. The molecule has 1 amide bonds. The number of hydrogen-bond acceptors (Lipinski definition) is 5. The fourth-order valence-corrected chi connectivity index (χ4v) is 3.11. The second-order valence-electron chi connectivity index (χ2n) is 6.64. The first kappa shape index (κ1) is 20.4. The number of aromatic nitrogens is 2. The van der Waals surface area contributed by atoms with E-state index in [9.17, 15) is 9.59 Å². The fourth-order valence-electron chi connectivity index (χ4n) is 3.11. The van der Waals surface area contributed by atoms with E-state index in [1.54, 1.807) is 18.3 Å². The van der Waals surface area contributed by atoms with Crippen molar-refractivity contribution in [3.63, 3.8) is 0 Å². The summed E-state index contributed by atoms with van der Waals surface area (Å²) in [5.41, 5.74) is 1.20. The molecule has 0 saturated heterocycles. The second-order valence-corrected chi connectivity index (χ2v) is 6.64. The van der Waals surface area contributed by atoms with Gasteiger partial charge in [-0.2, -0.15) is 0 Å². The zero-order valence-electron chi connectivity index (χ0n) is 16.4. The summed E-state index contributed by atoms with van der Waals surface area (Å²) in [5.74, 6) is 0.175. The summed E-state index contributed by atoms with van der Waals surface area (Å²) in [4.78, 5) is 31.1. The standard InChI is InChI=1S/C22H25N3O4/c1-2-20(21(26)29-15-6-10-18-8-4-3-5-9-18)25(16-19-11-7-14-28-19)22(27)24-13-12-23-17-24/h3-5,7-9,11-14,17,20H,2,6,10,15-16H2,1H3/t20-/m0/s1. The van der Waals surface area contributed by atoms with Gasteiger partial charge in [0.15, 0.2) is 0 Å². The third kappa shape index (κ3) is 5.57. The molecule has 3 aromatic rings. The van der Waals surface area contributed by atoms with E-state index in [4.69, 9.17) is 9.15 Å². The molecule has 0 fully saturated rings. The Hall–Kier alpha value is -3.35. The highest BCUT2D eigenvalue weighted by Crippen LogP contribution is 2.15. The van der Waals surface area contributed by atoms with Gasteiger partial charge in [-0.05, 0) is 37.0 Å². The number of imidazole rings is 1. The summed E-state index contributed by atoms with van der Waals surface area (Å²) in [6.07, 6.45) is 8.00. The van der Waals surface area contributed by atoms with Crippen molar-refractivity contribution in [1.29, 1.82) is 0 Å². The van der Waals surface area contributed by atoms with Crippen molar-refractivity contribution in [2.24, 2.45) is 0 Å². The molecule has 2 heterocycles. The molecule has 2 aromatic heterocycles. The van der Waals surface area contributed by atoms with Gasteiger partial charge in [0.2, 0.25) is 0 Å². The molecule has 0 aliphatic carbocycles. The molecule has 7 nitrogen and oxygen atoms in total. The zero-order chi connectivity index (χ0) is 20.5. The number of ether oxygens (including phenoxy) is 1. The smallest absolute Gasteiger partial charge is 0.330 e. The number of nitrogens with zero attached hydrogens (tertiary/aromatic N) is 3. The van der Waals surface area contributed by atoms with Crippen LogP contribution in [0.2, 0.25) is 0 Å². The van der Waals surface area contributed by atoms with Gasteiger partial charge in [0.1, 0.15) is 18.1 Å². The van der Waals surface area contributed by atoms with Crippen molar-refractivity contribution in [2.45, 2.75) is 38.8 Å². The van der Waals surface area contributed by atoms with Gasteiger partial charge in [-0.15, -0.1) is 0 Å². The lowest BCUT2D eigenvalue weighted by molar-refractivity contribution is -0.149. The molecule has 29 heavy (non-hydrogen) atoms. The number of carbonyl (C=O) groups excluding carboxylic acids is 2. The summed E-state index contributed by atoms with van der Waals surface area (Å²) < 4.78 is 12.2. The molecule has 0 bridgehead atoms. The summed E-state index contributed by atoms with van der Waals surface area (Å²) in [6, 6.07) is 12.5. The highest BCUT2D eigenvalue weighted by Gasteiger charge is 2.31. The number of carbonyl (C=O) groups is 2. The number of rotatable bonds is 9. The van der Waals surface area contributed by atoms with Gasteiger partial charge >= 0.3 is 12.0 Å². The van der Waals surface area contributed by atoms with Crippen LogP contribution in [0.3, 0.4) is 0 Å². The number of aryl methyl sites for hydroxylation is 1. The predicted molar refractivity (Wildman–Crippen MR) is 107 cm³/mol. The first-order valence-corrected chi connectivity index (χ1v) is 9.71. The molecule has 1 atom stereocenters. The number of hydrogen-bond donors (Lipinski definition) is 0. The molecule has 0 radical (unpaired) electrons. The Morgan fingerprint density at radius 1 is 1.21 bits per heavy atom. The lowest BCUT2D eigenvalue weighted by Gasteiger charge is -2.28. The summed E-state index contributed by atoms with van der Waals surface area (Å²) in [6.45, 7) is 2.33. The largest absolute Gasteiger partial charge is 0.467 e. The minimum absolute atomic E-state index is 0.168. The minimum atomic E-state index is -0.716. The third-order valence-electron chi connectivity index (χ3n) is 4.61. The van der Waals surface area contributed by atoms with Crippen LogP contribution in [0.4, 0.5) is 4.79 Å². The normalized spacial score (nSPS) is 11.8. The van der Waals surface area contributed by atoms with Crippen LogP contribution >= 0.6 is 0 Å². The first-order valence-electron chi connectivity index (χ1n) is 9.71. The van der Waals surface area contributed by atoms with E-state index in [2.05, 4.69) is 4.98 Å². The van der Waals surface area contributed by atoms with Crippen LogP contribution in [0.15, 0.2) is 71.9 Å². The van der Waals surface area contributed by atoms with E-state index in [1.165, 1.54) is 33.8 Å². The average molecular weight is 395 g/mol. The Morgan fingerprint density at radius 3 is 2.69 bits per heavy atom. The maximum atomic E-state index is 13.0. The van der Waals surface area contributed by atoms with Crippen molar-refractivity contribution in [3.05, 3.63) is 78.8 Å². The Morgan fingerprint density at radius 2 is 2.03 bits per heavy atom. The summed E-state index contributed by atoms with van der Waals surface area (Å²) >= 11 is 0. The van der Waals surface area contributed by atoms with Crippen LogP contribution < -0.4 is 0 Å². The van der Waals surface area contributed by atoms with Crippen LogP contribution in [0.25, 0.3) is 0 Å². The van der Waals surface area contributed by atoms with Crippen molar-refractivity contribution >= 4 is 12.0 Å². The van der Waals surface area contributed by atoms with Gasteiger partial charge in [0.25, 0.3) is 0 Å². The van der Waals surface area contributed by atoms with E-state index in [0.717, 1.165) is 12.8 Å². The van der Waals surface area contributed by atoms with Crippen LogP contribution in [0, 0.1) is 0 Å². The molecule has 0 N–H and O–H groups in total. The minimum Gasteiger partial charge on any atom is -0.467 e. The lowest BCUT2D eigenvalue weighted by Crippen LogP contribution is -2.46. The van der Waals surface area contributed by atoms with Gasteiger partial charge < -0.3 is 14.1 Å². The zero-order valence-corrected chi connectivity index (χ0v) is 16.4. The van der Waals surface area contributed by atoms with Crippen LogP contribution in [0.1, 0.15) is 31.1 Å². The Labute approximate surface area is 169 Å². The average Bonchev–Trinajstić information content (AvgIpc) is 3.45. The molecular formula is C22H25N3O4. The number of furan rings is 1. The van der Waals surface area contributed by atoms with E-state index in [0.29, 0.717) is 18.8 Å². The topological polar surface area (TPSA) is 77.6 Å².